The molecule has 0 unspecified atom stereocenters. The lowest BCUT2D eigenvalue weighted by molar-refractivity contribution is 0.220. The molecule has 0 aromatic carbocycles. The highest BCUT2D eigenvalue weighted by atomic mass is 31.8. The summed E-state index contributed by atoms with van der Waals surface area (Å²) in [7, 11) is 0. The van der Waals surface area contributed by atoms with Gasteiger partial charge in [-0.25, -0.2) is 0 Å². The van der Waals surface area contributed by atoms with Crippen LogP contribution >= 0.6 is 18.7 Å². The first-order chi connectivity index (χ1) is 11.7. The second kappa shape index (κ2) is 12.4. The molecular formula is C12H30AlO9P3. The SMILES string of the molecule is CCO[P](=O)(OCC)[Al]([P](=O)(OCC)OCC)[P](=O)(OCC)OCC. The van der Waals surface area contributed by atoms with Gasteiger partial charge in [0, 0.05) is 0 Å². The van der Waals surface area contributed by atoms with Crippen molar-refractivity contribution in [3.8, 4) is 0 Å². The molecule has 0 amide bonds. The zero-order valence-electron chi connectivity index (χ0n) is 15.8. The maximum atomic E-state index is 13.5. The van der Waals surface area contributed by atoms with Crippen molar-refractivity contribution < 1.29 is 40.8 Å². The highest BCUT2D eigenvalue weighted by Gasteiger charge is 2.74. The number of hydrogen-bond acceptors (Lipinski definition) is 9. The molecule has 150 valence electrons. The molecule has 0 saturated carbocycles. The fourth-order valence-corrected chi connectivity index (χ4v) is 31.1. The third-order valence-corrected chi connectivity index (χ3v) is 31.2. The molecule has 25 heavy (non-hydrogen) atoms. The van der Waals surface area contributed by atoms with Crippen molar-refractivity contribution in [2.24, 2.45) is 0 Å². The van der Waals surface area contributed by atoms with Crippen LogP contribution in [0.4, 0.5) is 0 Å². The average Bonchev–Trinajstić information content (AvgIpc) is 2.48. The van der Waals surface area contributed by atoms with Crippen molar-refractivity contribution >= 4 is 31.5 Å². The molecule has 0 N–H and O–H groups in total. The molecule has 13 heteroatoms. The second-order valence-corrected chi connectivity index (χ2v) is 24.0. The van der Waals surface area contributed by atoms with Gasteiger partial charge >= 0.3 is 12.8 Å². The van der Waals surface area contributed by atoms with Gasteiger partial charge in [-0.1, -0.05) is 0 Å². The van der Waals surface area contributed by atoms with Crippen LogP contribution in [0.2, 0.25) is 0 Å². The van der Waals surface area contributed by atoms with Crippen LogP contribution in [0.3, 0.4) is 0 Å². The first-order valence-corrected chi connectivity index (χ1v) is 17.9. The maximum Gasteiger partial charge on any atom is 0.779 e. The summed E-state index contributed by atoms with van der Waals surface area (Å²) in [6, 6.07) is 0. The summed E-state index contributed by atoms with van der Waals surface area (Å²) in [5.41, 5.74) is 0. The zero-order valence-corrected chi connectivity index (χ0v) is 19.7. The molecule has 0 heterocycles. The van der Waals surface area contributed by atoms with E-state index in [1.54, 1.807) is 41.5 Å². The Hall–Kier alpha value is 0.982. The summed E-state index contributed by atoms with van der Waals surface area (Å²) in [4.78, 5) is 0. The smallest absolute Gasteiger partial charge is 0.322 e. The first-order valence-electron chi connectivity index (χ1n) is 8.39. The molecule has 0 aromatic heterocycles. The van der Waals surface area contributed by atoms with Crippen molar-refractivity contribution in [3.63, 3.8) is 0 Å². The Morgan fingerprint density at radius 2 is 0.640 bits per heavy atom. The third-order valence-electron chi connectivity index (χ3n) is 2.70. The monoisotopic (exact) mass is 438 g/mol. The highest BCUT2D eigenvalue weighted by molar-refractivity contribution is 8.40. The van der Waals surface area contributed by atoms with Crippen LogP contribution in [0.25, 0.3) is 0 Å². The van der Waals surface area contributed by atoms with Gasteiger partial charge in [0.25, 0.3) is 18.7 Å². The molecule has 9 nitrogen and oxygen atoms in total. The van der Waals surface area contributed by atoms with E-state index in [-0.39, 0.29) is 39.6 Å². The van der Waals surface area contributed by atoms with Gasteiger partial charge < -0.3 is 27.1 Å². The Bertz CT molecular complexity index is 415. The predicted octanol–water partition coefficient (Wildman–Crippen LogP) is 4.77. The fraction of sp³-hybridized carbons (Fsp3) is 1.00. The van der Waals surface area contributed by atoms with Gasteiger partial charge in [-0.05, 0) is 41.5 Å². The van der Waals surface area contributed by atoms with E-state index in [1.165, 1.54) is 0 Å². The molecule has 0 bridgehead atoms. The Morgan fingerprint density at radius 3 is 0.760 bits per heavy atom. The van der Waals surface area contributed by atoms with Crippen LogP contribution in [0, 0.1) is 0 Å². The maximum absolute atomic E-state index is 13.5. The van der Waals surface area contributed by atoms with Gasteiger partial charge in [0.15, 0.2) is 0 Å². The molecule has 0 saturated heterocycles. The Morgan fingerprint density at radius 1 is 0.480 bits per heavy atom. The van der Waals surface area contributed by atoms with Crippen LogP contribution < -0.4 is 0 Å². The normalized spacial score (nSPS) is 13.2. The van der Waals surface area contributed by atoms with Gasteiger partial charge in [-0.3, -0.25) is 13.7 Å². The number of rotatable bonds is 15. The van der Waals surface area contributed by atoms with Crippen LogP contribution in [-0.2, 0) is 40.8 Å². The van der Waals surface area contributed by atoms with Crippen molar-refractivity contribution in [2.45, 2.75) is 41.5 Å². The minimum absolute atomic E-state index is 0.0112. The standard InChI is InChI=1S/3C4H10O3P.Al/c3*1-3-6-8(5)7-4-2;/h3*3-4H2,1-2H3;/q3*+1;-3. The minimum Gasteiger partial charge on any atom is -0.322 e. The summed E-state index contributed by atoms with van der Waals surface area (Å²) >= 11 is -3.70. The van der Waals surface area contributed by atoms with E-state index in [1.807, 2.05) is 0 Å². The summed E-state index contributed by atoms with van der Waals surface area (Å²) in [5.74, 6) is 0. The lowest BCUT2D eigenvalue weighted by atomic mass is 10.9. The van der Waals surface area contributed by atoms with E-state index >= 15 is 0 Å². The molecule has 0 rings (SSSR count). The van der Waals surface area contributed by atoms with E-state index in [9.17, 15) is 13.7 Å². The van der Waals surface area contributed by atoms with E-state index in [0.717, 1.165) is 0 Å². The molecule has 0 aromatic rings. The molecule has 0 atom stereocenters. The number of hydrogen-bond donors (Lipinski definition) is 0. The largest absolute Gasteiger partial charge is 0.779 e. The van der Waals surface area contributed by atoms with Crippen LogP contribution in [-0.4, -0.2) is 52.4 Å². The summed E-state index contributed by atoms with van der Waals surface area (Å²) < 4.78 is 72.4. The third kappa shape index (κ3) is 7.14. The van der Waals surface area contributed by atoms with Gasteiger partial charge in [-0.2, -0.15) is 0 Å². The van der Waals surface area contributed by atoms with Crippen molar-refractivity contribution in [1.82, 2.24) is 0 Å². The van der Waals surface area contributed by atoms with Gasteiger partial charge in [0.05, 0.1) is 39.6 Å². The van der Waals surface area contributed by atoms with Crippen molar-refractivity contribution in [2.75, 3.05) is 39.6 Å². The lowest BCUT2D eigenvalue weighted by Gasteiger charge is -2.31. The van der Waals surface area contributed by atoms with Gasteiger partial charge in [-0.15, -0.1) is 0 Å². The topological polar surface area (TPSA) is 107 Å². The Labute approximate surface area is 153 Å². The van der Waals surface area contributed by atoms with Crippen LogP contribution in [0.15, 0.2) is 0 Å². The highest BCUT2D eigenvalue weighted by Crippen LogP contribution is 2.80. The Balaban J connectivity index is 6.49. The van der Waals surface area contributed by atoms with E-state index in [0.29, 0.717) is 0 Å². The first kappa shape index (κ1) is 26.0. The van der Waals surface area contributed by atoms with Crippen LogP contribution in [0.5, 0.6) is 0 Å². The van der Waals surface area contributed by atoms with Gasteiger partial charge in [0.2, 0.25) is 0 Å². The fourth-order valence-electron chi connectivity index (χ4n) is 2.11. The summed E-state index contributed by atoms with van der Waals surface area (Å²) in [6.45, 7) is 9.71. The summed E-state index contributed by atoms with van der Waals surface area (Å²) in [5, 5.41) is 0. The average molecular weight is 438 g/mol. The Kier molecular flexibility index (Phi) is 12.9. The molecule has 0 fully saturated rings. The van der Waals surface area contributed by atoms with Gasteiger partial charge in [0.1, 0.15) is 0 Å². The molecule has 0 radical (unpaired) electrons. The van der Waals surface area contributed by atoms with E-state index < -0.39 is 31.5 Å². The van der Waals surface area contributed by atoms with E-state index in [4.69, 9.17) is 27.1 Å². The lowest BCUT2D eigenvalue weighted by Crippen LogP contribution is -2.25. The molecule has 0 aliphatic carbocycles. The minimum atomic E-state index is -4.08. The quantitative estimate of drug-likeness (QED) is 0.264. The zero-order chi connectivity index (χ0) is 19.6. The second-order valence-electron chi connectivity index (χ2n) is 4.47. The molecule has 0 aliphatic heterocycles. The van der Waals surface area contributed by atoms with Crippen molar-refractivity contribution in [3.05, 3.63) is 0 Å². The van der Waals surface area contributed by atoms with Crippen LogP contribution in [0.1, 0.15) is 41.5 Å². The molecular weight excluding hydrogens is 408 g/mol. The van der Waals surface area contributed by atoms with Crippen molar-refractivity contribution in [1.29, 1.82) is 0 Å². The predicted molar refractivity (Wildman–Crippen MR) is 98.3 cm³/mol. The summed E-state index contributed by atoms with van der Waals surface area (Å²) in [6.07, 6.45) is -12.2. The van der Waals surface area contributed by atoms with E-state index in [2.05, 4.69) is 0 Å². The molecule has 0 spiro atoms. The molecule has 0 aliphatic rings.